The average molecular weight is 251 g/mol. The van der Waals surface area contributed by atoms with E-state index in [2.05, 4.69) is 9.98 Å². The Bertz CT molecular complexity index is 441. The fraction of sp³-hybridized carbons (Fsp3) is 0. The quantitative estimate of drug-likeness (QED) is 0.438. The van der Waals surface area contributed by atoms with Crippen LogP contribution in [0.2, 0.25) is 15.3 Å². The fourth-order valence-corrected chi connectivity index (χ4v) is 1.25. The minimum atomic E-state index is -0.865. The number of amides is 1. The number of rotatable bonds is 1. The molecule has 0 atom stereocenters. The average Bonchev–Trinajstić information content (AvgIpc) is 2.11. The minimum Gasteiger partial charge on any atom is -0.266 e. The molecule has 14 heavy (non-hydrogen) atoms. The highest BCUT2D eigenvalue weighted by Crippen LogP contribution is 2.25. The zero-order chi connectivity index (χ0) is 10.7. The van der Waals surface area contributed by atoms with E-state index in [1.165, 1.54) is 6.07 Å². The maximum absolute atomic E-state index is 11.1. The Hall–Kier alpha value is -0.930. The van der Waals surface area contributed by atoms with Crippen molar-refractivity contribution >= 4 is 46.8 Å². The van der Waals surface area contributed by atoms with Crippen LogP contribution in [0.15, 0.2) is 11.1 Å². The van der Waals surface area contributed by atoms with Crippen molar-refractivity contribution in [3.8, 4) is 0 Å². The summed E-state index contributed by atoms with van der Waals surface area (Å²) in [6.45, 7) is 0. The third-order valence-electron chi connectivity index (χ3n) is 1.26. The predicted molar refractivity (Wildman–Crippen MR) is 51.7 cm³/mol. The second kappa shape index (κ2) is 4.53. The van der Waals surface area contributed by atoms with Crippen molar-refractivity contribution in [1.82, 2.24) is 4.98 Å². The lowest BCUT2D eigenvalue weighted by molar-refractivity contribution is 0.100. The van der Waals surface area contributed by atoms with E-state index in [1.54, 1.807) is 0 Å². The van der Waals surface area contributed by atoms with Crippen LogP contribution in [-0.4, -0.2) is 17.0 Å². The summed E-state index contributed by atoms with van der Waals surface area (Å²) in [5.74, 6) is -0.865. The topological polar surface area (TPSA) is 59.4 Å². The number of carbonyl (C=O) groups is 1. The number of hydrogen-bond donors (Lipinski definition) is 0. The minimum absolute atomic E-state index is 0.0247. The Balaban J connectivity index is 3.29. The molecular weight excluding hydrogens is 250 g/mol. The number of pyridine rings is 1. The van der Waals surface area contributed by atoms with Crippen molar-refractivity contribution in [2.75, 3.05) is 0 Å². The highest BCUT2D eigenvalue weighted by molar-refractivity contribution is 6.42. The van der Waals surface area contributed by atoms with Gasteiger partial charge in [0.05, 0.1) is 10.6 Å². The van der Waals surface area contributed by atoms with Gasteiger partial charge in [0, 0.05) is 0 Å². The second-order valence-electron chi connectivity index (χ2n) is 2.11. The summed E-state index contributed by atoms with van der Waals surface area (Å²) in [5, 5.41) is -0.132. The number of aliphatic imine (C=N–C) groups is 1. The third-order valence-corrected chi connectivity index (χ3v) is 2.23. The fourth-order valence-electron chi connectivity index (χ4n) is 0.697. The van der Waals surface area contributed by atoms with Crippen molar-refractivity contribution < 1.29 is 9.59 Å². The molecule has 0 saturated heterocycles. The van der Waals surface area contributed by atoms with Gasteiger partial charge in [0.1, 0.15) is 10.3 Å². The van der Waals surface area contributed by atoms with Crippen molar-refractivity contribution in [2.24, 2.45) is 4.99 Å². The first-order chi connectivity index (χ1) is 6.56. The Morgan fingerprint density at radius 3 is 2.57 bits per heavy atom. The van der Waals surface area contributed by atoms with E-state index in [9.17, 15) is 9.59 Å². The lowest BCUT2D eigenvalue weighted by atomic mass is 10.3. The van der Waals surface area contributed by atoms with Crippen LogP contribution in [0.1, 0.15) is 10.4 Å². The Labute approximate surface area is 93.5 Å². The molecule has 1 rings (SSSR count). The van der Waals surface area contributed by atoms with E-state index < -0.39 is 5.91 Å². The predicted octanol–water partition coefficient (Wildman–Crippen LogP) is 2.52. The zero-order valence-corrected chi connectivity index (χ0v) is 8.69. The number of carbonyl (C=O) groups excluding carboxylic acids is 2. The molecule has 72 valence electrons. The standard InChI is InChI=1S/C7HCl3N2O2/c8-4-1-3(7(14)11-2-13)5(9)12-6(4)10/h1H. The van der Waals surface area contributed by atoms with Gasteiger partial charge < -0.3 is 0 Å². The molecule has 0 saturated carbocycles. The lowest BCUT2D eigenvalue weighted by Gasteiger charge is -1.99. The van der Waals surface area contributed by atoms with Gasteiger partial charge in [-0.2, -0.15) is 0 Å². The number of isocyanates is 1. The molecule has 0 radical (unpaired) electrons. The normalized spacial score (nSPS) is 9.36. The van der Waals surface area contributed by atoms with E-state index in [0.717, 1.165) is 6.08 Å². The zero-order valence-electron chi connectivity index (χ0n) is 6.42. The van der Waals surface area contributed by atoms with Crippen LogP contribution in [0.5, 0.6) is 0 Å². The Kier molecular flexibility index (Phi) is 3.61. The second-order valence-corrected chi connectivity index (χ2v) is 3.23. The van der Waals surface area contributed by atoms with Gasteiger partial charge in [-0.25, -0.2) is 9.78 Å². The Morgan fingerprint density at radius 1 is 1.36 bits per heavy atom. The number of aromatic nitrogens is 1. The van der Waals surface area contributed by atoms with Crippen LogP contribution < -0.4 is 0 Å². The SMILES string of the molecule is O=C=NC(=O)c1cc(Cl)c(Cl)nc1Cl. The molecule has 1 heterocycles. The molecule has 1 amide bonds. The maximum Gasteiger partial charge on any atom is 0.290 e. The molecule has 0 aliphatic rings. The van der Waals surface area contributed by atoms with Gasteiger partial charge in [0.2, 0.25) is 6.08 Å². The van der Waals surface area contributed by atoms with Crippen molar-refractivity contribution in [2.45, 2.75) is 0 Å². The van der Waals surface area contributed by atoms with Crippen LogP contribution in [0.25, 0.3) is 0 Å². The van der Waals surface area contributed by atoms with Gasteiger partial charge in [-0.3, -0.25) is 4.79 Å². The molecule has 1 aromatic rings. The molecule has 0 aliphatic heterocycles. The summed E-state index contributed by atoms with van der Waals surface area (Å²) in [4.78, 5) is 27.3. The first-order valence-corrected chi connectivity index (χ1v) is 4.33. The van der Waals surface area contributed by atoms with Gasteiger partial charge in [0.25, 0.3) is 5.91 Å². The van der Waals surface area contributed by atoms with Gasteiger partial charge >= 0.3 is 0 Å². The smallest absolute Gasteiger partial charge is 0.266 e. The van der Waals surface area contributed by atoms with E-state index >= 15 is 0 Å². The van der Waals surface area contributed by atoms with E-state index in [1.807, 2.05) is 0 Å². The van der Waals surface area contributed by atoms with E-state index in [0.29, 0.717) is 0 Å². The molecule has 4 nitrogen and oxygen atoms in total. The molecular formula is C7HCl3N2O2. The van der Waals surface area contributed by atoms with E-state index in [4.69, 9.17) is 34.8 Å². The van der Waals surface area contributed by atoms with Crippen LogP contribution >= 0.6 is 34.8 Å². The van der Waals surface area contributed by atoms with Gasteiger partial charge in [-0.05, 0) is 6.07 Å². The monoisotopic (exact) mass is 250 g/mol. The van der Waals surface area contributed by atoms with E-state index in [-0.39, 0.29) is 20.9 Å². The molecule has 0 unspecified atom stereocenters. The van der Waals surface area contributed by atoms with Crippen LogP contribution in [0.3, 0.4) is 0 Å². The lowest BCUT2D eigenvalue weighted by Crippen LogP contribution is -1.98. The Morgan fingerprint density at radius 2 is 2.00 bits per heavy atom. The molecule has 0 aromatic carbocycles. The third kappa shape index (κ3) is 2.30. The first kappa shape index (κ1) is 11.1. The van der Waals surface area contributed by atoms with Gasteiger partial charge in [0.15, 0.2) is 0 Å². The molecule has 0 aliphatic carbocycles. The van der Waals surface area contributed by atoms with Crippen molar-refractivity contribution in [1.29, 1.82) is 0 Å². The van der Waals surface area contributed by atoms with Crippen molar-refractivity contribution in [3.05, 3.63) is 27.0 Å². The van der Waals surface area contributed by atoms with Gasteiger partial charge in [-0.15, -0.1) is 4.99 Å². The summed E-state index contributed by atoms with van der Waals surface area (Å²) in [6.07, 6.45) is 1.09. The summed E-state index contributed by atoms with van der Waals surface area (Å²) < 4.78 is 0. The molecule has 0 N–H and O–H groups in total. The van der Waals surface area contributed by atoms with Crippen LogP contribution in [0.4, 0.5) is 0 Å². The first-order valence-electron chi connectivity index (χ1n) is 3.20. The highest BCUT2D eigenvalue weighted by Gasteiger charge is 2.13. The van der Waals surface area contributed by atoms with Crippen molar-refractivity contribution in [3.63, 3.8) is 0 Å². The van der Waals surface area contributed by atoms with Crippen LogP contribution in [-0.2, 0) is 4.79 Å². The molecule has 0 fully saturated rings. The molecule has 1 aromatic heterocycles. The number of halogens is 3. The molecule has 0 bridgehead atoms. The summed E-state index contributed by atoms with van der Waals surface area (Å²) in [7, 11) is 0. The molecule has 7 heteroatoms. The largest absolute Gasteiger partial charge is 0.290 e. The summed E-state index contributed by atoms with van der Waals surface area (Å²) in [6, 6.07) is 1.18. The summed E-state index contributed by atoms with van der Waals surface area (Å²) >= 11 is 16.7. The maximum atomic E-state index is 11.1. The van der Waals surface area contributed by atoms with Gasteiger partial charge in [-0.1, -0.05) is 34.8 Å². The van der Waals surface area contributed by atoms with Crippen LogP contribution in [0, 0.1) is 0 Å². The molecule has 0 spiro atoms. The number of nitrogens with zero attached hydrogens (tertiary/aromatic N) is 2. The highest BCUT2D eigenvalue weighted by atomic mass is 35.5. The summed E-state index contributed by atoms with van der Waals surface area (Å²) in [5.41, 5.74) is -0.0931. The number of hydrogen-bond acceptors (Lipinski definition) is 3.